The second kappa shape index (κ2) is 8.96. The minimum Gasteiger partial charge on any atom is -0.486 e. The highest BCUT2D eigenvalue weighted by molar-refractivity contribution is 6.05. The molecule has 0 spiro atoms. The number of ether oxygens (including phenoxy) is 2. The summed E-state index contributed by atoms with van der Waals surface area (Å²) in [5.41, 5.74) is 2.48. The van der Waals surface area contributed by atoms with E-state index in [2.05, 4.69) is 20.6 Å². The topological polar surface area (TPSA) is 85.4 Å². The van der Waals surface area contributed by atoms with Crippen molar-refractivity contribution in [2.24, 2.45) is 0 Å². The van der Waals surface area contributed by atoms with Gasteiger partial charge in [0.15, 0.2) is 17.3 Å². The largest absolute Gasteiger partial charge is 0.486 e. The first-order valence-electron chi connectivity index (χ1n) is 10.3. The highest BCUT2D eigenvalue weighted by atomic mass is 19.1. The second-order valence-electron chi connectivity index (χ2n) is 7.29. The quantitative estimate of drug-likeness (QED) is 0.450. The van der Waals surface area contributed by atoms with Gasteiger partial charge in [-0.25, -0.2) is 14.4 Å². The van der Waals surface area contributed by atoms with E-state index in [9.17, 15) is 9.18 Å². The predicted octanol–water partition coefficient (Wildman–Crippen LogP) is 5.05. The number of nitrogens with zero attached hydrogens (tertiary/aromatic N) is 2. The normalized spacial score (nSPS) is 12.2. The summed E-state index contributed by atoms with van der Waals surface area (Å²) in [5.74, 6) is 1.70. The second-order valence-corrected chi connectivity index (χ2v) is 7.29. The highest BCUT2D eigenvalue weighted by Crippen LogP contribution is 2.32. The van der Waals surface area contributed by atoms with Crippen molar-refractivity contribution in [3.05, 3.63) is 90.4 Å². The molecular formula is C25H19FN4O3. The van der Waals surface area contributed by atoms with Crippen molar-refractivity contribution < 1.29 is 18.7 Å². The zero-order chi connectivity index (χ0) is 22.6. The first-order chi connectivity index (χ1) is 16.1. The number of hydrogen-bond donors (Lipinski definition) is 2. The van der Waals surface area contributed by atoms with Gasteiger partial charge in [-0.15, -0.1) is 0 Å². The monoisotopic (exact) mass is 442 g/mol. The lowest BCUT2D eigenvalue weighted by atomic mass is 10.1. The van der Waals surface area contributed by atoms with Gasteiger partial charge in [-0.1, -0.05) is 6.07 Å². The van der Waals surface area contributed by atoms with Gasteiger partial charge >= 0.3 is 0 Å². The van der Waals surface area contributed by atoms with Crippen LogP contribution in [-0.2, 0) is 0 Å². The summed E-state index contributed by atoms with van der Waals surface area (Å²) in [6, 6.07) is 20.0. The van der Waals surface area contributed by atoms with Gasteiger partial charge in [0.2, 0.25) is 0 Å². The van der Waals surface area contributed by atoms with Gasteiger partial charge in [0.1, 0.15) is 24.8 Å². The van der Waals surface area contributed by atoms with E-state index in [1.165, 1.54) is 12.1 Å². The van der Waals surface area contributed by atoms with Gasteiger partial charge in [0, 0.05) is 34.8 Å². The number of carbonyl (C=O) groups excluding carboxylic acids is 1. The third kappa shape index (κ3) is 4.74. The molecule has 33 heavy (non-hydrogen) atoms. The molecule has 1 aromatic heterocycles. The van der Waals surface area contributed by atoms with Crippen molar-refractivity contribution in [1.29, 1.82) is 0 Å². The molecule has 0 unspecified atom stereocenters. The molecule has 3 aromatic carbocycles. The molecule has 1 aliphatic rings. The van der Waals surface area contributed by atoms with Crippen LogP contribution < -0.4 is 20.1 Å². The smallest absolute Gasteiger partial charge is 0.255 e. The van der Waals surface area contributed by atoms with Crippen molar-refractivity contribution in [3.63, 3.8) is 0 Å². The summed E-state index contributed by atoms with van der Waals surface area (Å²) in [5, 5.41) is 6.06. The third-order valence-electron chi connectivity index (χ3n) is 4.96. The maximum Gasteiger partial charge on any atom is 0.255 e. The molecule has 0 radical (unpaired) electrons. The molecule has 5 rings (SSSR count). The maximum absolute atomic E-state index is 13.2. The fourth-order valence-electron chi connectivity index (χ4n) is 3.38. The lowest BCUT2D eigenvalue weighted by molar-refractivity contribution is 0.102. The Morgan fingerprint density at radius 2 is 1.70 bits per heavy atom. The van der Waals surface area contributed by atoms with E-state index >= 15 is 0 Å². The number of rotatable bonds is 5. The molecule has 0 aliphatic carbocycles. The molecule has 0 saturated heterocycles. The lowest BCUT2D eigenvalue weighted by Crippen LogP contribution is -2.16. The summed E-state index contributed by atoms with van der Waals surface area (Å²) < 4.78 is 24.3. The fraction of sp³-hybridized carbons (Fsp3) is 0.0800. The zero-order valence-corrected chi connectivity index (χ0v) is 17.4. The van der Waals surface area contributed by atoms with Gasteiger partial charge in [0.05, 0.1) is 0 Å². The van der Waals surface area contributed by atoms with Crippen molar-refractivity contribution in [3.8, 4) is 22.9 Å². The van der Waals surface area contributed by atoms with E-state index in [-0.39, 0.29) is 11.7 Å². The molecule has 2 N–H and O–H groups in total. The minimum absolute atomic E-state index is 0.259. The SMILES string of the molecule is O=C(Nc1ccc2c(c1)OCCO2)c1cccc(Nc2ccnc(-c3ccc(F)cc3)n2)c1. The fourth-order valence-corrected chi connectivity index (χ4v) is 3.38. The Kier molecular flexibility index (Phi) is 5.55. The van der Waals surface area contributed by atoms with E-state index in [0.29, 0.717) is 58.9 Å². The van der Waals surface area contributed by atoms with Crippen molar-refractivity contribution in [1.82, 2.24) is 9.97 Å². The molecule has 0 fully saturated rings. The Bertz CT molecular complexity index is 1310. The van der Waals surface area contributed by atoms with Gasteiger partial charge in [-0.3, -0.25) is 4.79 Å². The van der Waals surface area contributed by atoms with E-state index < -0.39 is 0 Å². The first kappa shape index (κ1) is 20.4. The number of carbonyl (C=O) groups is 1. The van der Waals surface area contributed by atoms with Crippen molar-refractivity contribution >= 4 is 23.1 Å². The molecule has 0 saturated carbocycles. The van der Waals surface area contributed by atoms with Crippen LogP contribution in [-0.4, -0.2) is 29.1 Å². The van der Waals surface area contributed by atoms with E-state index in [1.807, 2.05) is 6.07 Å². The van der Waals surface area contributed by atoms with Crippen LogP contribution in [0.4, 0.5) is 21.6 Å². The number of fused-ring (bicyclic) bond motifs is 1. The predicted molar refractivity (Wildman–Crippen MR) is 123 cm³/mol. The Morgan fingerprint density at radius 3 is 2.55 bits per heavy atom. The molecular weight excluding hydrogens is 423 g/mol. The third-order valence-corrected chi connectivity index (χ3v) is 4.96. The minimum atomic E-state index is -0.320. The Hall–Kier alpha value is -4.46. The van der Waals surface area contributed by atoms with Crippen LogP contribution in [0.2, 0.25) is 0 Å². The average Bonchev–Trinajstić information content (AvgIpc) is 2.85. The van der Waals surface area contributed by atoms with Crippen LogP contribution in [0.15, 0.2) is 79.0 Å². The number of halogens is 1. The summed E-state index contributed by atoms with van der Waals surface area (Å²) in [6.07, 6.45) is 1.62. The highest BCUT2D eigenvalue weighted by Gasteiger charge is 2.14. The Morgan fingerprint density at radius 1 is 0.879 bits per heavy atom. The van der Waals surface area contributed by atoms with Gasteiger partial charge in [-0.2, -0.15) is 0 Å². The average molecular weight is 442 g/mol. The molecule has 0 atom stereocenters. The first-order valence-corrected chi connectivity index (χ1v) is 10.3. The van der Waals surface area contributed by atoms with Gasteiger partial charge in [0.25, 0.3) is 5.91 Å². The summed E-state index contributed by atoms with van der Waals surface area (Å²) in [6.45, 7) is 0.986. The molecule has 1 aliphatic heterocycles. The van der Waals surface area contributed by atoms with E-state index in [1.54, 1.807) is 60.8 Å². The standard InChI is InChI=1S/C25H19FN4O3/c26-18-6-4-16(5-7-18)24-27-11-10-23(30-24)28-19-3-1-2-17(14-19)25(31)29-20-8-9-21-22(15-20)33-13-12-32-21/h1-11,14-15H,12-13H2,(H,29,31)(H,27,28,30). The zero-order valence-electron chi connectivity index (χ0n) is 17.4. The van der Waals surface area contributed by atoms with Gasteiger partial charge < -0.3 is 20.1 Å². The summed E-state index contributed by atoms with van der Waals surface area (Å²) in [4.78, 5) is 21.5. The Balaban J connectivity index is 1.31. The van der Waals surface area contributed by atoms with Crippen LogP contribution >= 0.6 is 0 Å². The van der Waals surface area contributed by atoms with Crippen LogP contribution in [0, 0.1) is 5.82 Å². The summed E-state index contributed by atoms with van der Waals surface area (Å²) >= 11 is 0. The molecule has 164 valence electrons. The Labute approximate surface area is 189 Å². The maximum atomic E-state index is 13.2. The van der Waals surface area contributed by atoms with Crippen LogP contribution in [0.25, 0.3) is 11.4 Å². The number of amides is 1. The number of aromatic nitrogens is 2. The number of hydrogen-bond acceptors (Lipinski definition) is 6. The van der Waals surface area contributed by atoms with Gasteiger partial charge in [-0.05, 0) is 60.7 Å². The summed E-state index contributed by atoms with van der Waals surface area (Å²) in [7, 11) is 0. The van der Waals surface area contributed by atoms with E-state index in [0.717, 1.165) is 0 Å². The molecule has 0 bridgehead atoms. The molecule has 2 heterocycles. The molecule has 7 nitrogen and oxygen atoms in total. The van der Waals surface area contributed by atoms with Crippen LogP contribution in [0.3, 0.4) is 0 Å². The van der Waals surface area contributed by atoms with Crippen LogP contribution in [0.5, 0.6) is 11.5 Å². The molecule has 1 amide bonds. The molecule has 8 heteroatoms. The van der Waals surface area contributed by atoms with Crippen molar-refractivity contribution in [2.75, 3.05) is 23.8 Å². The number of benzene rings is 3. The molecule has 4 aromatic rings. The van der Waals surface area contributed by atoms with Crippen LogP contribution in [0.1, 0.15) is 10.4 Å². The number of anilines is 3. The lowest BCUT2D eigenvalue weighted by Gasteiger charge is -2.19. The van der Waals surface area contributed by atoms with Crippen molar-refractivity contribution in [2.45, 2.75) is 0 Å². The number of nitrogens with one attached hydrogen (secondary N) is 2. The van der Waals surface area contributed by atoms with E-state index in [4.69, 9.17) is 9.47 Å².